The van der Waals surface area contributed by atoms with Crippen molar-refractivity contribution in [1.29, 1.82) is 0 Å². The molecule has 0 radical (unpaired) electrons. The molecule has 1 aliphatic heterocycles. The summed E-state index contributed by atoms with van der Waals surface area (Å²) in [6.45, 7) is 7.32. The molecule has 20 heavy (non-hydrogen) atoms. The summed E-state index contributed by atoms with van der Waals surface area (Å²) >= 11 is 0. The number of hydrogen-bond donors (Lipinski definition) is 1. The van der Waals surface area contributed by atoms with Gasteiger partial charge in [-0.25, -0.2) is 0 Å². The third-order valence-electron chi connectivity index (χ3n) is 5.48. The third-order valence-corrected chi connectivity index (χ3v) is 5.48. The Bertz CT molecular complexity index is 261. The molecule has 0 aromatic heterocycles. The zero-order valence-electron chi connectivity index (χ0n) is 13.9. The lowest BCUT2D eigenvalue weighted by atomic mass is 9.97. The first-order valence-electron chi connectivity index (χ1n) is 8.83. The van der Waals surface area contributed by atoms with E-state index in [4.69, 9.17) is 0 Å². The number of nitrogens with one attached hydrogen (secondary N) is 1. The van der Waals surface area contributed by atoms with E-state index in [0.29, 0.717) is 0 Å². The van der Waals surface area contributed by atoms with Gasteiger partial charge in [0.15, 0.2) is 0 Å². The van der Waals surface area contributed by atoms with Gasteiger partial charge in [0.05, 0.1) is 0 Å². The van der Waals surface area contributed by atoms with Crippen molar-refractivity contribution in [2.24, 2.45) is 5.92 Å². The average molecular weight is 281 g/mol. The molecule has 2 rings (SSSR count). The van der Waals surface area contributed by atoms with Crippen molar-refractivity contribution < 1.29 is 0 Å². The van der Waals surface area contributed by atoms with Crippen LogP contribution < -0.4 is 5.32 Å². The average Bonchev–Trinajstić information content (AvgIpc) is 2.90. The quantitative estimate of drug-likeness (QED) is 0.774. The molecule has 0 bridgehead atoms. The van der Waals surface area contributed by atoms with Gasteiger partial charge in [-0.15, -0.1) is 0 Å². The van der Waals surface area contributed by atoms with E-state index < -0.39 is 0 Å². The Labute approximate surface area is 126 Å². The van der Waals surface area contributed by atoms with Gasteiger partial charge in [0.25, 0.3) is 0 Å². The van der Waals surface area contributed by atoms with Crippen molar-refractivity contribution >= 4 is 0 Å². The van der Waals surface area contributed by atoms with Crippen LogP contribution in [0.3, 0.4) is 0 Å². The summed E-state index contributed by atoms with van der Waals surface area (Å²) < 4.78 is 0. The van der Waals surface area contributed by atoms with Crippen LogP contribution in [0.1, 0.15) is 51.9 Å². The standard InChI is InChI=1S/C17H35N3/c1-4-11-18-17-7-5-6-15(17)8-14-20(3)16-9-12-19(2)13-10-16/h15-18H,4-14H2,1-3H3. The maximum Gasteiger partial charge on any atom is 0.0117 e. The minimum absolute atomic E-state index is 0.806. The maximum absolute atomic E-state index is 3.77. The fourth-order valence-corrected chi connectivity index (χ4v) is 3.97. The summed E-state index contributed by atoms with van der Waals surface area (Å²) in [5.41, 5.74) is 0. The Morgan fingerprint density at radius 3 is 2.60 bits per heavy atom. The van der Waals surface area contributed by atoms with E-state index in [-0.39, 0.29) is 0 Å². The van der Waals surface area contributed by atoms with E-state index in [1.54, 1.807) is 0 Å². The first kappa shape index (κ1) is 16.3. The second-order valence-electron chi connectivity index (χ2n) is 7.06. The number of piperidine rings is 1. The monoisotopic (exact) mass is 281 g/mol. The van der Waals surface area contributed by atoms with E-state index in [0.717, 1.165) is 18.0 Å². The van der Waals surface area contributed by atoms with Gasteiger partial charge in [-0.3, -0.25) is 0 Å². The molecular weight excluding hydrogens is 246 g/mol. The van der Waals surface area contributed by atoms with Crippen LogP contribution in [0.25, 0.3) is 0 Å². The summed E-state index contributed by atoms with van der Waals surface area (Å²) in [4.78, 5) is 5.11. The van der Waals surface area contributed by atoms with Gasteiger partial charge in [-0.05, 0) is 84.7 Å². The molecule has 2 atom stereocenters. The molecule has 1 heterocycles. The number of nitrogens with zero attached hydrogens (tertiary/aromatic N) is 2. The van der Waals surface area contributed by atoms with Crippen LogP contribution in [0.2, 0.25) is 0 Å². The van der Waals surface area contributed by atoms with E-state index >= 15 is 0 Å². The zero-order chi connectivity index (χ0) is 14.4. The second-order valence-corrected chi connectivity index (χ2v) is 7.06. The summed E-state index contributed by atoms with van der Waals surface area (Å²) in [6.07, 6.45) is 9.66. The fraction of sp³-hybridized carbons (Fsp3) is 1.00. The van der Waals surface area contributed by atoms with E-state index in [1.165, 1.54) is 71.1 Å². The summed E-state index contributed by atoms with van der Waals surface area (Å²) in [5, 5.41) is 3.77. The molecule has 0 amide bonds. The van der Waals surface area contributed by atoms with Gasteiger partial charge in [0.2, 0.25) is 0 Å². The highest BCUT2D eigenvalue weighted by atomic mass is 15.2. The zero-order valence-corrected chi connectivity index (χ0v) is 13.9. The van der Waals surface area contributed by atoms with Crippen LogP contribution >= 0.6 is 0 Å². The minimum atomic E-state index is 0.806. The Hall–Kier alpha value is -0.120. The SMILES string of the molecule is CCCNC1CCCC1CCN(C)C1CCN(C)CC1. The second kappa shape index (κ2) is 8.35. The van der Waals surface area contributed by atoms with Gasteiger partial charge in [-0.1, -0.05) is 13.3 Å². The molecule has 118 valence electrons. The predicted molar refractivity (Wildman–Crippen MR) is 87.2 cm³/mol. The normalized spacial score (nSPS) is 29.4. The fourth-order valence-electron chi connectivity index (χ4n) is 3.97. The largest absolute Gasteiger partial charge is 0.314 e. The summed E-state index contributed by atoms with van der Waals surface area (Å²) in [5.74, 6) is 0.926. The van der Waals surface area contributed by atoms with Crippen LogP contribution in [-0.2, 0) is 0 Å². The van der Waals surface area contributed by atoms with Crippen molar-refractivity contribution in [3.63, 3.8) is 0 Å². The molecule has 2 unspecified atom stereocenters. The van der Waals surface area contributed by atoms with Gasteiger partial charge < -0.3 is 15.1 Å². The Morgan fingerprint density at radius 1 is 1.15 bits per heavy atom. The van der Waals surface area contributed by atoms with Crippen LogP contribution in [0.4, 0.5) is 0 Å². The Morgan fingerprint density at radius 2 is 1.90 bits per heavy atom. The highest BCUT2D eigenvalue weighted by molar-refractivity contribution is 4.84. The first-order chi connectivity index (χ1) is 9.70. The highest BCUT2D eigenvalue weighted by Gasteiger charge is 2.27. The van der Waals surface area contributed by atoms with Crippen molar-refractivity contribution in [3.8, 4) is 0 Å². The molecule has 1 saturated heterocycles. The van der Waals surface area contributed by atoms with Crippen LogP contribution in [0.5, 0.6) is 0 Å². The number of hydrogen-bond acceptors (Lipinski definition) is 3. The van der Waals surface area contributed by atoms with Gasteiger partial charge >= 0.3 is 0 Å². The Balaban J connectivity index is 1.68. The van der Waals surface area contributed by atoms with Crippen LogP contribution in [0, 0.1) is 5.92 Å². The molecule has 1 aliphatic carbocycles. The lowest BCUT2D eigenvalue weighted by Gasteiger charge is -2.36. The number of rotatable bonds is 7. The minimum Gasteiger partial charge on any atom is -0.314 e. The molecule has 0 aromatic carbocycles. The highest BCUT2D eigenvalue weighted by Crippen LogP contribution is 2.29. The lowest BCUT2D eigenvalue weighted by molar-refractivity contribution is 0.136. The molecule has 0 aromatic rings. The maximum atomic E-state index is 3.77. The molecule has 2 fully saturated rings. The lowest BCUT2D eigenvalue weighted by Crippen LogP contribution is -2.43. The topological polar surface area (TPSA) is 18.5 Å². The van der Waals surface area contributed by atoms with Gasteiger partial charge in [0.1, 0.15) is 0 Å². The molecule has 2 aliphatic rings. The van der Waals surface area contributed by atoms with E-state index in [9.17, 15) is 0 Å². The van der Waals surface area contributed by atoms with Crippen molar-refractivity contribution in [2.45, 2.75) is 64.0 Å². The summed E-state index contributed by atoms with van der Waals surface area (Å²) in [7, 11) is 4.60. The van der Waals surface area contributed by atoms with Gasteiger partial charge in [0, 0.05) is 12.1 Å². The molecule has 1 saturated carbocycles. The van der Waals surface area contributed by atoms with E-state index in [2.05, 4.69) is 36.1 Å². The van der Waals surface area contributed by atoms with Crippen molar-refractivity contribution in [2.75, 3.05) is 40.3 Å². The predicted octanol–water partition coefficient (Wildman–Crippen LogP) is 2.57. The number of likely N-dealkylation sites (tertiary alicyclic amines) is 1. The molecular formula is C17H35N3. The summed E-state index contributed by atoms with van der Waals surface area (Å²) in [6, 6.07) is 1.63. The molecule has 1 N–H and O–H groups in total. The molecule has 0 spiro atoms. The first-order valence-corrected chi connectivity index (χ1v) is 8.83. The molecule has 3 nitrogen and oxygen atoms in total. The van der Waals surface area contributed by atoms with Gasteiger partial charge in [-0.2, -0.15) is 0 Å². The van der Waals surface area contributed by atoms with Crippen molar-refractivity contribution in [1.82, 2.24) is 15.1 Å². The van der Waals surface area contributed by atoms with Crippen LogP contribution in [-0.4, -0.2) is 62.2 Å². The van der Waals surface area contributed by atoms with E-state index in [1.807, 2.05) is 0 Å². The van der Waals surface area contributed by atoms with Crippen molar-refractivity contribution in [3.05, 3.63) is 0 Å². The van der Waals surface area contributed by atoms with Crippen LogP contribution in [0.15, 0.2) is 0 Å². The Kier molecular flexibility index (Phi) is 6.79. The third kappa shape index (κ3) is 4.71. The smallest absolute Gasteiger partial charge is 0.0117 e. The molecule has 3 heteroatoms.